The van der Waals surface area contributed by atoms with Gasteiger partial charge in [0.15, 0.2) is 0 Å². The molecular weight excluding hydrogens is 482 g/mol. The third-order valence-electron chi connectivity index (χ3n) is 6.48. The van der Waals surface area contributed by atoms with Gasteiger partial charge < -0.3 is 14.9 Å². The van der Waals surface area contributed by atoms with Crippen molar-refractivity contribution < 1.29 is 24.5 Å². The number of aromatic carboxylic acids is 1. The van der Waals surface area contributed by atoms with Crippen LogP contribution in [0.3, 0.4) is 0 Å². The number of aliphatic carboxylic acids is 1. The van der Waals surface area contributed by atoms with Crippen LogP contribution in [0.4, 0.5) is 0 Å². The van der Waals surface area contributed by atoms with E-state index in [0.29, 0.717) is 24.8 Å². The van der Waals surface area contributed by atoms with E-state index in [9.17, 15) is 14.9 Å². The van der Waals surface area contributed by atoms with Crippen LogP contribution in [0.25, 0.3) is 16.6 Å². The minimum atomic E-state index is -0.978. The van der Waals surface area contributed by atoms with E-state index in [1.54, 1.807) is 30.3 Å². The second-order valence-corrected chi connectivity index (χ2v) is 9.06. The normalized spacial score (nSPS) is 10.9. The molecule has 2 aromatic heterocycles. The number of carbonyl (C=O) groups is 2. The topological polar surface area (TPSA) is 125 Å². The molecule has 0 saturated heterocycles. The highest BCUT2D eigenvalue weighted by Crippen LogP contribution is 2.33. The largest absolute Gasteiger partial charge is 0.481 e. The summed E-state index contributed by atoms with van der Waals surface area (Å²) in [6.45, 7) is 2.57. The maximum absolute atomic E-state index is 11.1. The highest BCUT2D eigenvalue weighted by molar-refractivity contribution is 5.87. The Kier molecular flexibility index (Phi) is 8.51. The number of ether oxygens (including phenoxy) is 1. The lowest BCUT2D eigenvalue weighted by molar-refractivity contribution is -0.137. The third-order valence-corrected chi connectivity index (χ3v) is 6.48. The number of rotatable bonds is 12. The Morgan fingerprint density at radius 1 is 1.03 bits per heavy atom. The molecule has 0 atom stereocenters. The summed E-state index contributed by atoms with van der Waals surface area (Å²) >= 11 is 0. The predicted octanol–water partition coefficient (Wildman–Crippen LogP) is 5.65. The zero-order valence-corrected chi connectivity index (χ0v) is 21.2. The maximum atomic E-state index is 11.1. The Labute approximate surface area is 220 Å². The molecule has 0 saturated carbocycles. The fourth-order valence-corrected chi connectivity index (χ4v) is 4.56. The Bertz CT molecular complexity index is 1500. The number of benzene rings is 2. The number of hydrogen-bond acceptors (Lipinski definition) is 5. The molecule has 194 valence electrons. The molecule has 0 unspecified atom stereocenters. The molecule has 0 aliphatic heterocycles. The first-order valence-corrected chi connectivity index (χ1v) is 12.6. The second kappa shape index (κ2) is 12.2. The molecule has 8 nitrogen and oxygen atoms in total. The fraction of sp³-hybridized carbons (Fsp3) is 0.267. The molecule has 4 aromatic rings. The number of nitrogens with zero attached hydrogens (tertiary/aromatic N) is 3. The van der Waals surface area contributed by atoms with Gasteiger partial charge in [0, 0.05) is 17.7 Å². The summed E-state index contributed by atoms with van der Waals surface area (Å²) in [5.41, 5.74) is 7.17. The van der Waals surface area contributed by atoms with Gasteiger partial charge in [0.25, 0.3) is 0 Å². The van der Waals surface area contributed by atoms with Gasteiger partial charge in [-0.3, -0.25) is 4.79 Å². The van der Waals surface area contributed by atoms with Gasteiger partial charge in [-0.25, -0.2) is 9.31 Å². The smallest absolute Gasteiger partial charge is 0.335 e. The van der Waals surface area contributed by atoms with E-state index < -0.39 is 11.9 Å². The zero-order valence-electron chi connectivity index (χ0n) is 21.2. The van der Waals surface area contributed by atoms with Crippen LogP contribution in [0.15, 0.2) is 60.7 Å². The first-order chi connectivity index (χ1) is 18.4. The summed E-state index contributed by atoms with van der Waals surface area (Å²) in [5, 5.41) is 32.7. The number of nitriles is 1. The van der Waals surface area contributed by atoms with Gasteiger partial charge in [0.1, 0.15) is 0 Å². The number of unbranched alkanes of at least 4 members (excludes halogenated alkanes) is 1. The van der Waals surface area contributed by atoms with Crippen molar-refractivity contribution >= 4 is 17.5 Å². The number of fused-ring (bicyclic) bond motifs is 1. The molecule has 2 aromatic carbocycles. The van der Waals surface area contributed by atoms with Gasteiger partial charge in [-0.2, -0.15) is 10.4 Å². The maximum Gasteiger partial charge on any atom is 0.335 e. The van der Waals surface area contributed by atoms with E-state index in [1.165, 1.54) is 0 Å². The Hall–Kier alpha value is -4.48. The van der Waals surface area contributed by atoms with Crippen LogP contribution in [0.1, 0.15) is 64.6 Å². The lowest BCUT2D eigenvalue weighted by Crippen LogP contribution is -2.10. The van der Waals surface area contributed by atoms with Crippen LogP contribution >= 0.6 is 0 Å². The number of aromatic nitrogens is 2. The first kappa shape index (κ1) is 26.6. The summed E-state index contributed by atoms with van der Waals surface area (Å²) < 4.78 is 7.98. The lowest BCUT2D eigenvalue weighted by atomic mass is 9.93. The molecule has 2 heterocycles. The molecule has 0 radical (unpaired) electrons. The summed E-state index contributed by atoms with van der Waals surface area (Å²) in [6, 6.07) is 20.3. The molecule has 0 bridgehead atoms. The van der Waals surface area contributed by atoms with Crippen LogP contribution in [-0.4, -0.2) is 31.8 Å². The molecule has 0 amide bonds. The van der Waals surface area contributed by atoms with Crippen LogP contribution in [0.2, 0.25) is 0 Å². The summed E-state index contributed by atoms with van der Waals surface area (Å²) in [5.74, 6) is -1.80. The molecule has 0 aliphatic carbocycles. The highest BCUT2D eigenvalue weighted by atomic mass is 16.5. The molecule has 0 spiro atoms. The summed E-state index contributed by atoms with van der Waals surface area (Å²) in [7, 11) is 0. The SMILES string of the molecule is CCc1ccc2c(-c3cccc(C#N)c3)c(CCCCC(=O)O)c(COCc3ccc(C(=O)O)cc3)nn12. The summed E-state index contributed by atoms with van der Waals surface area (Å²) in [4.78, 5) is 22.2. The Morgan fingerprint density at radius 3 is 2.50 bits per heavy atom. The number of carboxylic acid groups (broad SMARTS) is 2. The molecule has 8 heteroatoms. The van der Waals surface area contributed by atoms with Crippen molar-refractivity contribution in [1.82, 2.24) is 9.61 Å². The van der Waals surface area contributed by atoms with E-state index in [1.807, 2.05) is 34.8 Å². The molecular formula is C30H29N3O5. The fourth-order valence-electron chi connectivity index (χ4n) is 4.56. The van der Waals surface area contributed by atoms with Crippen molar-refractivity contribution in [3.8, 4) is 17.2 Å². The monoisotopic (exact) mass is 511 g/mol. The van der Waals surface area contributed by atoms with E-state index >= 15 is 0 Å². The number of hydrogen-bond donors (Lipinski definition) is 2. The second-order valence-electron chi connectivity index (χ2n) is 9.06. The van der Waals surface area contributed by atoms with E-state index in [-0.39, 0.29) is 25.2 Å². The van der Waals surface area contributed by atoms with Crippen molar-refractivity contribution in [2.45, 2.75) is 52.2 Å². The molecule has 4 rings (SSSR count). The molecule has 0 aliphatic rings. The van der Waals surface area contributed by atoms with Crippen molar-refractivity contribution in [2.75, 3.05) is 0 Å². The van der Waals surface area contributed by atoms with Gasteiger partial charge in [0.05, 0.1) is 41.6 Å². The first-order valence-electron chi connectivity index (χ1n) is 12.6. The van der Waals surface area contributed by atoms with Crippen molar-refractivity contribution in [3.05, 3.63) is 94.3 Å². The lowest BCUT2D eigenvalue weighted by Gasteiger charge is -2.18. The Morgan fingerprint density at radius 2 is 1.82 bits per heavy atom. The van der Waals surface area contributed by atoms with E-state index in [2.05, 4.69) is 13.0 Å². The van der Waals surface area contributed by atoms with Crippen molar-refractivity contribution in [1.29, 1.82) is 5.26 Å². The van der Waals surface area contributed by atoms with Gasteiger partial charge in [-0.05, 0) is 78.8 Å². The van der Waals surface area contributed by atoms with Gasteiger partial charge in [-0.1, -0.05) is 31.2 Å². The van der Waals surface area contributed by atoms with Gasteiger partial charge in [0.2, 0.25) is 0 Å². The number of aryl methyl sites for hydroxylation is 1. The van der Waals surface area contributed by atoms with Crippen LogP contribution in [0.5, 0.6) is 0 Å². The average molecular weight is 512 g/mol. The van der Waals surface area contributed by atoms with E-state index in [0.717, 1.165) is 45.6 Å². The van der Waals surface area contributed by atoms with Crippen LogP contribution in [0, 0.1) is 11.3 Å². The van der Waals surface area contributed by atoms with E-state index in [4.69, 9.17) is 20.0 Å². The minimum absolute atomic E-state index is 0.0954. The molecule has 38 heavy (non-hydrogen) atoms. The highest BCUT2D eigenvalue weighted by Gasteiger charge is 2.19. The zero-order chi connectivity index (χ0) is 27.1. The quantitative estimate of drug-likeness (QED) is 0.236. The third kappa shape index (κ3) is 6.07. The molecule has 2 N–H and O–H groups in total. The average Bonchev–Trinajstić information content (AvgIpc) is 3.33. The standard InChI is InChI=1S/C30H29N3O5/c1-2-24-14-15-27-29(23-7-5-6-21(16-23)17-31)25(8-3-4-9-28(34)35)26(32-33(24)27)19-38-18-20-10-12-22(13-11-20)30(36)37/h5-7,10-16H,2-4,8-9,18-19H2,1H3,(H,34,35)(H,36,37). The van der Waals surface area contributed by atoms with Gasteiger partial charge in [-0.15, -0.1) is 0 Å². The van der Waals surface area contributed by atoms with Crippen molar-refractivity contribution in [2.24, 2.45) is 0 Å². The minimum Gasteiger partial charge on any atom is -0.481 e. The van der Waals surface area contributed by atoms with Crippen molar-refractivity contribution in [3.63, 3.8) is 0 Å². The number of carboxylic acids is 2. The van der Waals surface area contributed by atoms with Gasteiger partial charge >= 0.3 is 11.9 Å². The predicted molar refractivity (Wildman–Crippen MR) is 142 cm³/mol. The van der Waals surface area contributed by atoms with Crippen LogP contribution < -0.4 is 0 Å². The Balaban J connectivity index is 1.73. The summed E-state index contributed by atoms with van der Waals surface area (Å²) in [6.07, 6.45) is 2.70. The van der Waals surface area contributed by atoms with Crippen LogP contribution in [-0.2, 0) is 35.6 Å². The molecule has 0 fully saturated rings.